The van der Waals surface area contributed by atoms with E-state index in [0.29, 0.717) is 0 Å². The Labute approximate surface area is 76.4 Å². The van der Waals surface area contributed by atoms with Gasteiger partial charge in [-0.25, -0.2) is 0 Å². The summed E-state index contributed by atoms with van der Waals surface area (Å²) in [5.41, 5.74) is 0. The minimum atomic E-state index is 0. The van der Waals surface area contributed by atoms with Crippen LogP contribution >= 0.6 is 0 Å². The van der Waals surface area contributed by atoms with Crippen LogP contribution in [-0.2, 0) is 0 Å². The van der Waals surface area contributed by atoms with E-state index >= 15 is 0 Å². The van der Waals surface area contributed by atoms with Crippen molar-refractivity contribution < 1.29 is 0 Å². The van der Waals surface area contributed by atoms with Gasteiger partial charge < -0.3 is 0 Å². The summed E-state index contributed by atoms with van der Waals surface area (Å²) in [5.74, 6) is 0. The zero-order chi connectivity index (χ0) is 8.12. The Bertz CT molecular complexity index is 7.51. The Kier molecular flexibility index (Phi) is 250. The van der Waals surface area contributed by atoms with Crippen molar-refractivity contribution in [1.29, 1.82) is 0 Å². The summed E-state index contributed by atoms with van der Waals surface area (Å²) in [6, 6.07) is 0. The molecule has 0 heteroatoms. The third-order valence-electron chi connectivity index (χ3n) is 0.500. The zero-order valence-electron chi connectivity index (χ0n) is 8.12. The molecular weight excluding hydrogens is 132 g/mol. The van der Waals surface area contributed by atoms with Gasteiger partial charge in [0.1, 0.15) is 0 Å². The average molecular weight is 164 g/mol. The Balaban J connectivity index is -0.0000000158. The summed E-state index contributed by atoms with van der Waals surface area (Å²) in [7, 11) is 0. The predicted molar refractivity (Wildman–Crippen MR) is 61.4 cm³/mol. The molecule has 0 saturated heterocycles. The first kappa shape index (κ1) is 30.6. The molecule has 76 valence electrons. The number of hydrogen-bond donors (Lipinski definition) is 0. The van der Waals surface area contributed by atoms with Crippen LogP contribution in [0, 0.1) is 0 Å². The largest absolute Gasteiger partial charge is 0.0776 e. The Morgan fingerprint density at radius 1 is 0.636 bits per heavy atom. The Morgan fingerprint density at radius 2 is 0.727 bits per heavy atom. The second-order valence-electron chi connectivity index (χ2n) is 1.71. The van der Waals surface area contributed by atoms with Gasteiger partial charge >= 0.3 is 0 Å². The fourth-order valence-electron chi connectivity index (χ4n) is 0. The van der Waals surface area contributed by atoms with Crippen molar-refractivity contribution in [1.82, 2.24) is 0 Å². The van der Waals surface area contributed by atoms with Crippen LogP contribution in [0.4, 0.5) is 0 Å². The van der Waals surface area contributed by atoms with Gasteiger partial charge in [-0.1, -0.05) is 75.7 Å². The minimum Gasteiger partial charge on any atom is -0.0776 e. The topological polar surface area (TPSA) is 0 Å². The molecule has 0 aliphatic heterocycles. The first-order valence-electron chi connectivity index (χ1n) is 4.33. The lowest BCUT2D eigenvalue weighted by Crippen LogP contribution is -1.47. The maximum Gasteiger partial charge on any atom is -0.0564 e. The predicted octanol–water partition coefficient (Wildman–Crippen LogP) is 5.52. The molecule has 0 radical (unpaired) electrons. The van der Waals surface area contributed by atoms with Crippen molar-refractivity contribution in [2.75, 3.05) is 0 Å². The van der Waals surface area contributed by atoms with Gasteiger partial charge in [-0.15, -0.1) is 0 Å². The molecule has 0 aromatic rings. The van der Waals surface area contributed by atoms with Crippen molar-refractivity contribution >= 4 is 0 Å². The SMILES string of the molecule is C.C.CC.CCC.CCCC. The molecule has 0 bridgehead atoms. The van der Waals surface area contributed by atoms with Crippen molar-refractivity contribution in [2.24, 2.45) is 0 Å². The summed E-state index contributed by atoms with van der Waals surface area (Å²) in [4.78, 5) is 0. The van der Waals surface area contributed by atoms with E-state index in [1.807, 2.05) is 13.8 Å². The third-order valence-corrected chi connectivity index (χ3v) is 0.500. The van der Waals surface area contributed by atoms with Crippen LogP contribution in [-0.4, -0.2) is 0 Å². The van der Waals surface area contributed by atoms with E-state index in [0.717, 1.165) is 0 Å². The van der Waals surface area contributed by atoms with Gasteiger partial charge in [-0.3, -0.25) is 0 Å². The first-order valence-corrected chi connectivity index (χ1v) is 4.33. The maximum atomic E-state index is 2.18. The summed E-state index contributed by atoms with van der Waals surface area (Å²) in [5, 5.41) is 0. The summed E-state index contributed by atoms with van der Waals surface area (Å²) in [6.45, 7) is 12.6. The highest BCUT2D eigenvalue weighted by Crippen LogP contribution is 1.76. The molecule has 0 rings (SSSR count). The van der Waals surface area contributed by atoms with E-state index < -0.39 is 0 Å². The number of rotatable bonds is 1. The molecule has 0 aliphatic rings. The molecule has 0 unspecified atom stereocenters. The summed E-state index contributed by atoms with van der Waals surface area (Å²) in [6.07, 6.45) is 3.89. The van der Waals surface area contributed by atoms with Gasteiger partial charge in [-0.2, -0.15) is 0 Å². The van der Waals surface area contributed by atoms with Crippen molar-refractivity contribution in [3.8, 4) is 0 Å². The Hall–Kier alpha value is 0. The molecule has 0 fully saturated rings. The molecule has 0 aromatic heterocycles. The molecule has 0 aliphatic carbocycles. The fraction of sp³-hybridized carbons (Fsp3) is 1.00. The van der Waals surface area contributed by atoms with Crippen LogP contribution in [0.15, 0.2) is 0 Å². The van der Waals surface area contributed by atoms with Crippen molar-refractivity contribution in [2.45, 2.75) is 75.7 Å². The highest BCUT2D eigenvalue weighted by atomic mass is 13.6. The van der Waals surface area contributed by atoms with Crippen LogP contribution in [0.2, 0.25) is 0 Å². The van der Waals surface area contributed by atoms with Gasteiger partial charge in [-0.05, 0) is 0 Å². The van der Waals surface area contributed by atoms with E-state index in [1.165, 1.54) is 19.3 Å². The first-order chi connectivity index (χ1) is 4.33. The molecule has 0 N–H and O–H groups in total. The molecule has 0 amide bonds. The molecule has 0 saturated carbocycles. The monoisotopic (exact) mass is 164 g/mol. The molecule has 0 spiro atoms. The fourth-order valence-corrected chi connectivity index (χ4v) is 0. The van der Waals surface area contributed by atoms with Gasteiger partial charge in [0.2, 0.25) is 0 Å². The number of unbranched alkanes of at least 4 members (excludes halogenated alkanes) is 1. The molecule has 0 aromatic carbocycles. The van der Waals surface area contributed by atoms with Crippen LogP contribution in [0.3, 0.4) is 0 Å². The van der Waals surface area contributed by atoms with Crippen LogP contribution < -0.4 is 0 Å². The maximum absolute atomic E-state index is 2.18. The lowest BCUT2D eigenvalue weighted by Gasteiger charge is -1.68. The van der Waals surface area contributed by atoms with Crippen LogP contribution in [0.1, 0.15) is 75.7 Å². The molecule has 11 heavy (non-hydrogen) atoms. The van der Waals surface area contributed by atoms with Gasteiger partial charge in [0.05, 0.1) is 0 Å². The van der Waals surface area contributed by atoms with Crippen LogP contribution in [0.25, 0.3) is 0 Å². The molecular formula is C11H32. The van der Waals surface area contributed by atoms with Gasteiger partial charge in [0.25, 0.3) is 0 Å². The minimum absolute atomic E-state index is 0. The average Bonchev–Trinajstić information content (AvgIpc) is 1.94. The van der Waals surface area contributed by atoms with Crippen molar-refractivity contribution in [3.63, 3.8) is 0 Å². The molecule has 0 atom stereocenters. The highest BCUT2D eigenvalue weighted by molar-refractivity contribution is 4.12. The zero-order valence-corrected chi connectivity index (χ0v) is 8.12. The third kappa shape index (κ3) is 640. The van der Waals surface area contributed by atoms with Crippen molar-refractivity contribution in [3.05, 3.63) is 0 Å². The quantitative estimate of drug-likeness (QED) is 0.478. The Morgan fingerprint density at radius 3 is 0.727 bits per heavy atom. The number of hydrogen-bond acceptors (Lipinski definition) is 0. The second-order valence-corrected chi connectivity index (χ2v) is 1.71. The highest BCUT2D eigenvalue weighted by Gasteiger charge is 1.56. The van der Waals surface area contributed by atoms with E-state index in [4.69, 9.17) is 0 Å². The molecule has 0 heterocycles. The summed E-state index contributed by atoms with van der Waals surface area (Å²) >= 11 is 0. The van der Waals surface area contributed by atoms with E-state index in [-0.39, 0.29) is 14.9 Å². The van der Waals surface area contributed by atoms with E-state index in [9.17, 15) is 0 Å². The normalized spacial score (nSPS) is 4.91. The van der Waals surface area contributed by atoms with E-state index in [1.54, 1.807) is 0 Å². The molecule has 0 nitrogen and oxygen atoms in total. The lowest BCUT2D eigenvalue weighted by molar-refractivity contribution is 0.886. The van der Waals surface area contributed by atoms with Crippen LogP contribution in [0.5, 0.6) is 0 Å². The second kappa shape index (κ2) is 90.0. The van der Waals surface area contributed by atoms with Gasteiger partial charge in [0, 0.05) is 0 Å². The summed E-state index contributed by atoms with van der Waals surface area (Å²) < 4.78 is 0. The lowest BCUT2D eigenvalue weighted by atomic mass is 10.4. The standard InChI is InChI=1S/C4H10.C3H8.C2H6.2CH4/c1-3-4-2;1-3-2;1-2;;/h3-4H2,1-2H3;3H2,1-2H3;1-2H3;2*1H4. The smallest absolute Gasteiger partial charge is 0.0564 e. The van der Waals surface area contributed by atoms with E-state index in [2.05, 4.69) is 27.7 Å². The van der Waals surface area contributed by atoms with Gasteiger partial charge in [0.15, 0.2) is 0 Å².